The lowest BCUT2D eigenvalue weighted by Gasteiger charge is -2.07. The summed E-state index contributed by atoms with van der Waals surface area (Å²) in [6.07, 6.45) is 0. The van der Waals surface area contributed by atoms with E-state index < -0.39 is 29.0 Å². The molecule has 0 aliphatic rings. The lowest BCUT2D eigenvalue weighted by atomic mass is 10.3. The van der Waals surface area contributed by atoms with Crippen molar-refractivity contribution in [1.29, 1.82) is 0 Å². The number of alkyl halides is 1. The largest absolute Gasteiger partial charge is 0.487 e. The van der Waals surface area contributed by atoms with Gasteiger partial charge in [-0.05, 0) is 0 Å². The van der Waals surface area contributed by atoms with E-state index in [1.165, 1.54) is 0 Å². The number of hydrogen-bond donors (Lipinski definition) is 0. The molecule has 78 valence electrons. The van der Waals surface area contributed by atoms with E-state index in [-0.39, 0.29) is 12.7 Å². The average Bonchev–Trinajstić information content (AvgIpc) is 2.15. The molecule has 0 aliphatic heterocycles. The molecule has 1 rings (SSSR count). The van der Waals surface area contributed by atoms with Gasteiger partial charge in [0.2, 0.25) is 11.6 Å². The van der Waals surface area contributed by atoms with E-state index in [1.807, 2.05) is 0 Å². The van der Waals surface area contributed by atoms with E-state index in [2.05, 4.69) is 20.7 Å². The molecule has 0 bridgehead atoms. The molecule has 0 amide bonds. The number of halogens is 5. The predicted octanol–water partition coefficient (Wildman–Crippen LogP) is 3.02. The molecule has 0 aromatic heterocycles. The van der Waals surface area contributed by atoms with Gasteiger partial charge in [0.1, 0.15) is 0 Å². The fourth-order valence-electron chi connectivity index (χ4n) is 0.819. The molecule has 14 heavy (non-hydrogen) atoms. The molecule has 0 unspecified atom stereocenters. The van der Waals surface area contributed by atoms with Gasteiger partial charge < -0.3 is 4.74 Å². The summed E-state index contributed by atoms with van der Waals surface area (Å²) in [6, 6.07) is 0.131. The van der Waals surface area contributed by atoms with Gasteiger partial charge in [-0.15, -0.1) is 0 Å². The molecule has 1 nitrogen and oxygen atoms in total. The Kier molecular flexibility index (Phi) is 3.74. The van der Waals surface area contributed by atoms with Gasteiger partial charge in [-0.25, -0.2) is 8.78 Å². The van der Waals surface area contributed by atoms with Crippen LogP contribution in [0, 0.1) is 23.3 Å². The highest BCUT2D eigenvalue weighted by molar-refractivity contribution is 9.09. The van der Waals surface area contributed by atoms with Crippen LogP contribution in [0.3, 0.4) is 0 Å². The normalized spacial score (nSPS) is 10.4. The summed E-state index contributed by atoms with van der Waals surface area (Å²) >= 11 is 2.94. The van der Waals surface area contributed by atoms with Crippen molar-refractivity contribution in [2.75, 3.05) is 11.9 Å². The smallest absolute Gasteiger partial charge is 0.203 e. The van der Waals surface area contributed by atoms with Gasteiger partial charge in [0.25, 0.3) is 0 Å². The topological polar surface area (TPSA) is 9.23 Å². The van der Waals surface area contributed by atoms with Crippen molar-refractivity contribution in [3.63, 3.8) is 0 Å². The van der Waals surface area contributed by atoms with Crippen molar-refractivity contribution in [2.45, 2.75) is 0 Å². The van der Waals surface area contributed by atoms with Crippen LogP contribution in [-0.2, 0) is 0 Å². The quantitative estimate of drug-likeness (QED) is 0.467. The van der Waals surface area contributed by atoms with Crippen LogP contribution in [0.2, 0.25) is 0 Å². The molecule has 0 aliphatic carbocycles. The highest BCUT2D eigenvalue weighted by atomic mass is 79.9. The maximum atomic E-state index is 12.8. The third kappa shape index (κ3) is 2.17. The molecule has 0 N–H and O–H groups in total. The van der Waals surface area contributed by atoms with Crippen molar-refractivity contribution in [2.24, 2.45) is 0 Å². The third-order valence-electron chi connectivity index (χ3n) is 1.40. The fraction of sp³-hybridized carbons (Fsp3) is 0.250. The molecule has 1 aromatic carbocycles. The van der Waals surface area contributed by atoms with Gasteiger partial charge in [-0.2, -0.15) is 8.78 Å². The molecule has 0 saturated heterocycles. The SMILES string of the molecule is Fc1cc(F)c(F)c(OCCBr)c1F. The maximum Gasteiger partial charge on any atom is 0.203 e. The van der Waals surface area contributed by atoms with Crippen LogP contribution in [0.5, 0.6) is 5.75 Å². The van der Waals surface area contributed by atoms with E-state index >= 15 is 0 Å². The standard InChI is InChI=1S/C8H5BrF4O/c9-1-2-14-8-6(12)4(10)3-5(11)7(8)13/h3H,1-2H2. The van der Waals surface area contributed by atoms with Crippen molar-refractivity contribution < 1.29 is 22.3 Å². The molecule has 1 aromatic rings. The zero-order valence-corrected chi connectivity index (χ0v) is 8.38. The zero-order valence-electron chi connectivity index (χ0n) is 6.79. The lowest BCUT2D eigenvalue weighted by Crippen LogP contribution is -2.05. The first kappa shape index (κ1) is 11.3. The third-order valence-corrected chi connectivity index (χ3v) is 1.72. The van der Waals surface area contributed by atoms with Crippen molar-refractivity contribution in [3.05, 3.63) is 29.3 Å². The molecular formula is C8H5BrF4O. The lowest BCUT2D eigenvalue weighted by molar-refractivity contribution is 0.290. The van der Waals surface area contributed by atoms with Crippen LogP contribution in [0.4, 0.5) is 17.6 Å². The van der Waals surface area contributed by atoms with Crippen LogP contribution < -0.4 is 4.74 Å². The summed E-state index contributed by atoms with van der Waals surface area (Å²) in [7, 11) is 0. The molecule has 0 atom stereocenters. The minimum Gasteiger partial charge on any atom is -0.487 e. The van der Waals surface area contributed by atoms with Gasteiger partial charge in [-0.1, -0.05) is 15.9 Å². The molecule has 0 saturated carbocycles. The molecule has 0 fully saturated rings. The van der Waals surface area contributed by atoms with E-state index in [0.29, 0.717) is 5.33 Å². The van der Waals surface area contributed by atoms with Crippen LogP contribution in [-0.4, -0.2) is 11.9 Å². The number of ether oxygens (including phenoxy) is 1. The van der Waals surface area contributed by atoms with Gasteiger partial charge in [0.05, 0.1) is 6.61 Å². The minimum atomic E-state index is -1.52. The Morgan fingerprint density at radius 3 is 2.00 bits per heavy atom. The van der Waals surface area contributed by atoms with Crippen molar-refractivity contribution >= 4 is 15.9 Å². The average molecular weight is 273 g/mol. The first-order chi connectivity index (χ1) is 6.57. The minimum absolute atomic E-state index is 0.0866. The van der Waals surface area contributed by atoms with E-state index in [0.717, 1.165) is 0 Å². The highest BCUT2D eigenvalue weighted by Crippen LogP contribution is 2.26. The Labute approximate surface area is 85.8 Å². The Morgan fingerprint density at radius 1 is 1.07 bits per heavy atom. The second kappa shape index (κ2) is 4.63. The van der Waals surface area contributed by atoms with Gasteiger partial charge in [0, 0.05) is 11.4 Å². The van der Waals surface area contributed by atoms with Crippen molar-refractivity contribution in [1.82, 2.24) is 0 Å². The summed E-state index contributed by atoms with van der Waals surface area (Å²) in [5, 5.41) is 0.296. The van der Waals surface area contributed by atoms with Crippen molar-refractivity contribution in [3.8, 4) is 5.75 Å². The van der Waals surface area contributed by atoms with Gasteiger partial charge in [0.15, 0.2) is 17.4 Å². The van der Waals surface area contributed by atoms with Crippen LogP contribution in [0.25, 0.3) is 0 Å². The summed E-state index contributed by atoms with van der Waals surface area (Å²) in [5.41, 5.74) is 0. The maximum absolute atomic E-state index is 12.8. The predicted molar refractivity (Wildman–Crippen MR) is 45.6 cm³/mol. The number of rotatable bonds is 3. The van der Waals surface area contributed by atoms with E-state index in [9.17, 15) is 17.6 Å². The summed E-state index contributed by atoms with van der Waals surface area (Å²) in [6.45, 7) is -0.0866. The summed E-state index contributed by atoms with van der Waals surface area (Å²) in [4.78, 5) is 0. The van der Waals surface area contributed by atoms with Crippen LogP contribution in [0.15, 0.2) is 6.07 Å². The Balaban J connectivity index is 3.11. The second-order valence-electron chi connectivity index (χ2n) is 2.33. The number of hydrogen-bond acceptors (Lipinski definition) is 1. The molecule has 0 spiro atoms. The second-order valence-corrected chi connectivity index (χ2v) is 3.13. The first-order valence-corrected chi connectivity index (χ1v) is 4.71. The van der Waals surface area contributed by atoms with Crippen LogP contribution in [0.1, 0.15) is 0 Å². The van der Waals surface area contributed by atoms with E-state index in [1.54, 1.807) is 0 Å². The van der Waals surface area contributed by atoms with E-state index in [4.69, 9.17) is 0 Å². The molecule has 0 radical (unpaired) electrons. The molecule has 6 heteroatoms. The van der Waals surface area contributed by atoms with Gasteiger partial charge >= 0.3 is 0 Å². The molecule has 0 heterocycles. The summed E-state index contributed by atoms with van der Waals surface area (Å²) < 4.78 is 55.3. The zero-order chi connectivity index (χ0) is 10.7. The fourth-order valence-corrected chi connectivity index (χ4v) is 0.980. The van der Waals surface area contributed by atoms with Crippen LogP contribution >= 0.6 is 15.9 Å². The Hall–Kier alpha value is -0.780. The molecular weight excluding hydrogens is 268 g/mol. The first-order valence-electron chi connectivity index (χ1n) is 3.59. The number of benzene rings is 1. The Bertz CT molecular complexity index is 316. The van der Waals surface area contributed by atoms with Gasteiger partial charge in [-0.3, -0.25) is 0 Å². The highest BCUT2D eigenvalue weighted by Gasteiger charge is 2.20. The Morgan fingerprint density at radius 2 is 1.57 bits per heavy atom. The summed E-state index contributed by atoms with van der Waals surface area (Å²) in [5.74, 6) is -7.03. The monoisotopic (exact) mass is 272 g/mol.